The normalized spacial score (nSPS) is 21.1. The number of nitrogens with zero attached hydrogens (tertiary/aromatic N) is 1. The van der Waals surface area contributed by atoms with Crippen molar-refractivity contribution in [3.63, 3.8) is 0 Å². The number of hydrogen-bond acceptors (Lipinski definition) is 3. The largest absolute Gasteiger partial charge is 0.369 e. The van der Waals surface area contributed by atoms with Gasteiger partial charge in [-0.15, -0.1) is 0 Å². The van der Waals surface area contributed by atoms with Crippen LogP contribution in [0.4, 0.5) is 5.69 Å². The minimum absolute atomic E-state index is 0.595. The molecule has 3 N–H and O–H groups in total. The Labute approximate surface area is 97.6 Å². The van der Waals surface area contributed by atoms with E-state index in [1.54, 1.807) is 0 Å². The molecule has 1 aromatic carbocycles. The third kappa shape index (κ3) is 2.97. The summed E-state index contributed by atoms with van der Waals surface area (Å²) >= 11 is 0. The van der Waals surface area contributed by atoms with Crippen molar-refractivity contribution in [1.29, 1.82) is 0 Å². The molecular formula is C13H21N3. The fourth-order valence-corrected chi connectivity index (χ4v) is 2.26. The summed E-state index contributed by atoms with van der Waals surface area (Å²) in [5.74, 6) is 0. The molecule has 0 amide bonds. The van der Waals surface area contributed by atoms with Crippen LogP contribution in [0, 0.1) is 0 Å². The summed E-state index contributed by atoms with van der Waals surface area (Å²) in [6.07, 6.45) is 2.29. The first-order valence-electron chi connectivity index (χ1n) is 6.13. The maximum Gasteiger partial charge on any atom is 0.0367 e. The van der Waals surface area contributed by atoms with Crippen LogP contribution in [0.25, 0.3) is 0 Å². The first-order valence-corrected chi connectivity index (χ1v) is 6.13. The van der Waals surface area contributed by atoms with E-state index in [0.29, 0.717) is 6.04 Å². The molecule has 1 fully saturated rings. The summed E-state index contributed by atoms with van der Waals surface area (Å²) < 4.78 is 0. The molecule has 16 heavy (non-hydrogen) atoms. The van der Waals surface area contributed by atoms with Gasteiger partial charge in [0.25, 0.3) is 0 Å². The van der Waals surface area contributed by atoms with Gasteiger partial charge in [-0.3, -0.25) is 0 Å². The van der Waals surface area contributed by atoms with Crippen LogP contribution in [0.15, 0.2) is 30.3 Å². The van der Waals surface area contributed by atoms with Crippen molar-refractivity contribution in [2.75, 3.05) is 31.1 Å². The number of piperazine rings is 1. The Kier molecular flexibility index (Phi) is 4.19. The van der Waals surface area contributed by atoms with E-state index in [1.807, 2.05) is 0 Å². The highest BCUT2D eigenvalue weighted by molar-refractivity contribution is 5.46. The van der Waals surface area contributed by atoms with Gasteiger partial charge in [0.1, 0.15) is 0 Å². The van der Waals surface area contributed by atoms with Gasteiger partial charge in [-0.1, -0.05) is 18.2 Å². The smallest absolute Gasteiger partial charge is 0.0367 e. The standard InChI is InChI=1S/C13H21N3/c14-8-4-5-12-11-16(10-9-15-12)13-6-2-1-3-7-13/h1-3,6-7,12,15H,4-5,8-11,14H2. The van der Waals surface area contributed by atoms with Crippen LogP contribution < -0.4 is 16.0 Å². The zero-order valence-corrected chi connectivity index (χ0v) is 9.73. The Hall–Kier alpha value is -1.06. The second-order valence-electron chi connectivity index (χ2n) is 4.36. The molecule has 3 nitrogen and oxygen atoms in total. The van der Waals surface area contributed by atoms with Crippen LogP contribution in [-0.4, -0.2) is 32.2 Å². The molecule has 1 aliphatic rings. The Balaban J connectivity index is 1.91. The lowest BCUT2D eigenvalue weighted by molar-refractivity contribution is 0.427. The van der Waals surface area contributed by atoms with Gasteiger partial charge < -0.3 is 16.0 Å². The van der Waals surface area contributed by atoms with Crippen LogP contribution in [-0.2, 0) is 0 Å². The molecule has 1 heterocycles. The van der Waals surface area contributed by atoms with E-state index in [0.717, 1.165) is 32.6 Å². The summed E-state index contributed by atoms with van der Waals surface area (Å²) in [7, 11) is 0. The number of benzene rings is 1. The van der Waals surface area contributed by atoms with Gasteiger partial charge >= 0.3 is 0 Å². The van der Waals surface area contributed by atoms with Gasteiger partial charge in [0.05, 0.1) is 0 Å². The topological polar surface area (TPSA) is 41.3 Å². The molecule has 88 valence electrons. The average Bonchev–Trinajstić information content (AvgIpc) is 2.38. The fourth-order valence-electron chi connectivity index (χ4n) is 2.26. The Morgan fingerprint density at radius 3 is 2.88 bits per heavy atom. The van der Waals surface area contributed by atoms with E-state index in [4.69, 9.17) is 5.73 Å². The monoisotopic (exact) mass is 219 g/mol. The number of para-hydroxylation sites is 1. The predicted molar refractivity (Wildman–Crippen MR) is 68.7 cm³/mol. The second kappa shape index (κ2) is 5.87. The molecule has 1 aliphatic heterocycles. The number of nitrogens with one attached hydrogen (secondary N) is 1. The molecule has 2 rings (SSSR count). The lowest BCUT2D eigenvalue weighted by atomic mass is 10.1. The third-order valence-electron chi connectivity index (χ3n) is 3.13. The van der Waals surface area contributed by atoms with Crippen molar-refractivity contribution < 1.29 is 0 Å². The molecule has 1 aromatic rings. The molecule has 1 unspecified atom stereocenters. The predicted octanol–water partition coefficient (Wildman–Crippen LogP) is 1.20. The highest BCUT2D eigenvalue weighted by Gasteiger charge is 2.18. The van der Waals surface area contributed by atoms with Gasteiger partial charge in [-0.25, -0.2) is 0 Å². The molecule has 0 aliphatic carbocycles. The maximum absolute atomic E-state index is 5.55. The third-order valence-corrected chi connectivity index (χ3v) is 3.13. The molecule has 0 saturated carbocycles. The van der Waals surface area contributed by atoms with E-state index >= 15 is 0 Å². The van der Waals surface area contributed by atoms with Gasteiger partial charge in [0, 0.05) is 31.4 Å². The van der Waals surface area contributed by atoms with Crippen molar-refractivity contribution in [2.24, 2.45) is 5.73 Å². The molecule has 0 bridgehead atoms. The SMILES string of the molecule is NCCCC1CN(c2ccccc2)CCN1. The van der Waals surface area contributed by atoms with Crippen LogP contribution >= 0.6 is 0 Å². The molecule has 0 aromatic heterocycles. The molecule has 1 saturated heterocycles. The lowest BCUT2D eigenvalue weighted by Gasteiger charge is -2.35. The van der Waals surface area contributed by atoms with Crippen molar-refractivity contribution in [3.05, 3.63) is 30.3 Å². The van der Waals surface area contributed by atoms with Crippen molar-refractivity contribution in [3.8, 4) is 0 Å². The van der Waals surface area contributed by atoms with Crippen LogP contribution in [0.1, 0.15) is 12.8 Å². The number of rotatable bonds is 4. The molecular weight excluding hydrogens is 198 g/mol. The summed E-state index contributed by atoms with van der Waals surface area (Å²) in [6, 6.07) is 11.2. The van der Waals surface area contributed by atoms with E-state index in [1.165, 1.54) is 12.1 Å². The molecule has 1 atom stereocenters. The number of hydrogen-bond donors (Lipinski definition) is 2. The first kappa shape index (κ1) is 11.4. The van der Waals surface area contributed by atoms with Crippen molar-refractivity contribution in [1.82, 2.24) is 5.32 Å². The first-order chi connectivity index (χ1) is 7.90. The van der Waals surface area contributed by atoms with E-state index < -0.39 is 0 Å². The van der Waals surface area contributed by atoms with Gasteiger partial charge in [0.15, 0.2) is 0 Å². The Bertz CT molecular complexity index is 299. The van der Waals surface area contributed by atoms with Crippen molar-refractivity contribution >= 4 is 5.69 Å². The second-order valence-corrected chi connectivity index (χ2v) is 4.36. The maximum atomic E-state index is 5.55. The zero-order valence-electron chi connectivity index (χ0n) is 9.73. The highest BCUT2D eigenvalue weighted by atomic mass is 15.2. The highest BCUT2D eigenvalue weighted by Crippen LogP contribution is 2.16. The molecule has 0 radical (unpaired) electrons. The van der Waals surface area contributed by atoms with E-state index in [-0.39, 0.29) is 0 Å². The summed E-state index contributed by atoms with van der Waals surface area (Å²) in [4.78, 5) is 2.46. The van der Waals surface area contributed by atoms with Crippen LogP contribution in [0.2, 0.25) is 0 Å². The molecule has 0 spiro atoms. The minimum atomic E-state index is 0.595. The van der Waals surface area contributed by atoms with Gasteiger partial charge in [0.2, 0.25) is 0 Å². The van der Waals surface area contributed by atoms with Gasteiger partial charge in [-0.05, 0) is 31.5 Å². The van der Waals surface area contributed by atoms with E-state index in [2.05, 4.69) is 40.5 Å². The summed E-state index contributed by atoms with van der Waals surface area (Å²) in [5, 5.41) is 3.56. The number of nitrogens with two attached hydrogens (primary N) is 1. The summed E-state index contributed by atoms with van der Waals surface area (Å²) in [6.45, 7) is 4.07. The van der Waals surface area contributed by atoms with Crippen LogP contribution in [0.3, 0.4) is 0 Å². The summed E-state index contributed by atoms with van der Waals surface area (Å²) in [5.41, 5.74) is 6.89. The Morgan fingerprint density at radius 2 is 2.12 bits per heavy atom. The molecule has 3 heteroatoms. The zero-order chi connectivity index (χ0) is 11.2. The van der Waals surface area contributed by atoms with Gasteiger partial charge in [-0.2, -0.15) is 0 Å². The fraction of sp³-hybridized carbons (Fsp3) is 0.538. The average molecular weight is 219 g/mol. The van der Waals surface area contributed by atoms with E-state index in [9.17, 15) is 0 Å². The lowest BCUT2D eigenvalue weighted by Crippen LogP contribution is -2.50. The van der Waals surface area contributed by atoms with Crippen LogP contribution in [0.5, 0.6) is 0 Å². The Morgan fingerprint density at radius 1 is 1.31 bits per heavy atom. The quantitative estimate of drug-likeness (QED) is 0.799. The minimum Gasteiger partial charge on any atom is -0.369 e. The van der Waals surface area contributed by atoms with Crippen molar-refractivity contribution in [2.45, 2.75) is 18.9 Å². The number of anilines is 1.